The molecule has 0 aromatic rings. The molecule has 0 aliphatic carbocycles. The first-order valence-electron chi connectivity index (χ1n) is 5.28. The van der Waals surface area contributed by atoms with Gasteiger partial charge in [-0.1, -0.05) is 0 Å². The largest absolute Gasteiger partial charge is 0.481 e. The zero-order chi connectivity index (χ0) is 12.9. The van der Waals surface area contributed by atoms with E-state index in [1.165, 1.54) is 6.92 Å². The standard InChI is InChI=1S/C11H21NO4/c1-7(16-11(3,4)5)9(6-10(14)15)12-8(2)13/h7,9H,6H2,1-5H3,(H,12,13)(H,14,15)/t7-,9-/m0/s1. The summed E-state index contributed by atoms with van der Waals surface area (Å²) in [6.07, 6.45) is -0.489. The summed E-state index contributed by atoms with van der Waals surface area (Å²) in [6.45, 7) is 8.77. The average molecular weight is 231 g/mol. The molecule has 94 valence electrons. The molecule has 5 nitrogen and oxygen atoms in total. The zero-order valence-electron chi connectivity index (χ0n) is 10.5. The number of amides is 1. The highest BCUT2D eigenvalue weighted by Gasteiger charge is 2.25. The van der Waals surface area contributed by atoms with Crippen molar-refractivity contribution < 1.29 is 19.4 Å². The van der Waals surface area contributed by atoms with Crippen LogP contribution in [0.15, 0.2) is 0 Å². The van der Waals surface area contributed by atoms with Crippen LogP contribution >= 0.6 is 0 Å². The first-order valence-corrected chi connectivity index (χ1v) is 5.28. The SMILES string of the molecule is CC(=O)N[C@@H](CC(=O)O)[C@H](C)OC(C)(C)C. The number of carboxylic acids is 1. The van der Waals surface area contributed by atoms with Crippen LogP contribution in [0, 0.1) is 0 Å². The van der Waals surface area contributed by atoms with E-state index >= 15 is 0 Å². The minimum atomic E-state index is -0.955. The van der Waals surface area contributed by atoms with Crippen molar-refractivity contribution in [3.63, 3.8) is 0 Å². The Labute approximate surface area is 96.2 Å². The van der Waals surface area contributed by atoms with Crippen molar-refractivity contribution in [3.8, 4) is 0 Å². The smallest absolute Gasteiger partial charge is 0.305 e. The minimum Gasteiger partial charge on any atom is -0.481 e. The first kappa shape index (κ1) is 14.9. The van der Waals surface area contributed by atoms with E-state index in [-0.39, 0.29) is 24.0 Å². The predicted molar refractivity (Wildman–Crippen MR) is 60.2 cm³/mol. The molecular weight excluding hydrogens is 210 g/mol. The van der Waals surface area contributed by atoms with Gasteiger partial charge in [-0.25, -0.2) is 0 Å². The van der Waals surface area contributed by atoms with Gasteiger partial charge in [-0.15, -0.1) is 0 Å². The van der Waals surface area contributed by atoms with E-state index in [9.17, 15) is 9.59 Å². The molecule has 0 fully saturated rings. The second-order valence-electron chi connectivity index (χ2n) is 4.84. The quantitative estimate of drug-likeness (QED) is 0.744. The van der Waals surface area contributed by atoms with E-state index in [0.717, 1.165) is 0 Å². The molecule has 2 atom stereocenters. The van der Waals surface area contributed by atoms with Crippen LogP contribution in [0.3, 0.4) is 0 Å². The van der Waals surface area contributed by atoms with Crippen LogP contribution in [-0.2, 0) is 14.3 Å². The number of hydrogen-bond donors (Lipinski definition) is 2. The van der Waals surface area contributed by atoms with Gasteiger partial charge in [-0.2, -0.15) is 0 Å². The van der Waals surface area contributed by atoms with E-state index < -0.39 is 12.0 Å². The lowest BCUT2D eigenvalue weighted by Gasteiger charge is -2.30. The summed E-state index contributed by atoms with van der Waals surface area (Å²) in [5.41, 5.74) is -0.366. The van der Waals surface area contributed by atoms with Crippen LogP contribution in [0.2, 0.25) is 0 Å². The maximum absolute atomic E-state index is 10.9. The molecule has 0 heterocycles. The van der Waals surface area contributed by atoms with E-state index in [2.05, 4.69) is 5.32 Å². The second-order valence-corrected chi connectivity index (χ2v) is 4.84. The highest BCUT2D eigenvalue weighted by atomic mass is 16.5. The lowest BCUT2D eigenvalue weighted by atomic mass is 10.1. The minimum absolute atomic E-state index is 0.142. The Kier molecular flexibility index (Phi) is 5.44. The summed E-state index contributed by atoms with van der Waals surface area (Å²) in [4.78, 5) is 21.6. The molecule has 0 saturated carbocycles. The van der Waals surface area contributed by atoms with Crippen LogP contribution in [0.25, 0.3) is 0 Å². The molecule has 0 saturated heterocycles. The molecule has 0 aliphatic heterocycles. The van der Waals surface area contributed by atoms with Crippen molar-refractivity contribution in [2.24, 2.45) is 0 Å². The van der Waals surface area contributed by atoms with Gasteiger partial charge in [0.2, 0.25) is 5.91 Å². The Morgan fingerprint density at radius 3 is 2.19 bits per heavy atom. The topological polar surface area (TPSA) is 75.6 Å². The average Bonchev–Trinajstić information content (AvgIpc) is 1.97. The number of carbonyl (C=O) groups excluding carboxylic acids is 1. The summed E-state index contributed by atoms with van der Waals surface area (Å²) in [5.74, 6) is -1.21. The number of nitrogens with one attached hydrogen (secondary N) is 1. The second kappa shape index (κ2) is 5.84. The molecule has 1 amide bonds. The monoisotopic (exact) mass is 231 g/mol. The molecule has 16 heavy (non-hydrogen) atoms. The summed E-state index contributed by atoms with van der Waals surface area (Å²) in [6, 6.07) is -0.505. The van der Waals surface area contributed by atoms with Crippen LogP contribution in [0.4, 0.5) is 0 Å². The fourth-order valence-electron chi connectivity index (χ4n) is 1.42. The highest BCUT2D eigenvalue weighted by Crippen LogP contribution is 2.14. The van der Waals surface area contributed by atoms with E-state index in [1.807, 2.05) is 20.8 Å². The fraction of sp³-hybridized carbons (Fsp3) is 0.818. The lowest BCUT2D eigenvalue weighted by Crippen LogP contribution is -2.46. The maximum Gasteiger partial charge on any atom is 0.305 e. The lowest BCUT2D eigenvalue weighted by molar-refractivity contribution is -0.140. The van der Waals surface area contributed by atoms with Crippen molar-refractivity contribution >= 4 is 11.9 Å². The summed E-state index contributed by atoms with van der Waals surface area (Å²) in [7, 11) is 0. The van der Waals surface area contributed by atoms with Gasteiger partial charge in [0.1, 0.15) is 0 Å². The molecule has 0 aromatic heterocycles. The van der Waals surface area contributed by atoms with Crippen LogP contribution in [-0.4, -0.2) is 34.7 Å². The molecule has 0 rings (SSSR count). The van der Waals surface area contributed by atoms with Crippen molar-refractivity contribution in [2.75, 3.05) is 0 Å². The molecular formula is C11H21NO4. The van der Waals surface area contributed by atoms with Crippen molar-refractivity contribution in [1.82, 2.24) is 5.32 Å². The third kappa shape index (κ3) is 7.23. The van der Waals surface area contributed by atoms with Gasteiger partial charge in [0, 0.05) is 6.92 Å². The van der Waals surface area contributed by atoms with Gasteiger partial charge in [0.15, 0.2) is 0 Å². The number of ether oxygens (including phenoxy) is 1. The van der Waals surface area contributed by atoms with Gasteiger partial charge >= 0.3 is 5.97 Å². The Morgan fingerprint density at radius 2 is 1.88 bits per heavy atom. The number of carboxylic acid groups (broad SMARTS) is 1. The molecule has 0 unspecified atom stereocenters. The fourth-order valence-corrected chi connectivity index (χ4v) is 1.42. The van der Waals surface area contributed by atoms with Gasteiger partial charge in [0.05, 0.1) is 24.2 Å². The molecule has 0 aliphatic rings. The first-order chi connectivity index (χ1) is 7.11. The van der Waals surface area contributed by atoms with E-state index in [1.54, 1.807) is 6.92 Å². The molecule has 5 heteroatoms. The Morgan fingerprint density at radius 1 is 1.38 bits per heavy atom. The predicted octanol–water partition coefficient (Wildman–Crippen LogP) is 1.17. The van der Waals surface area contributed by atoms with Gasteiger partial charge in [-0.3, -0.25) is 9.59 Å². The van der Waals surface area contributed by atoms with E-state index in [4.69, 9.17) is 9.84 Å². The Hall–Kier alpha value is -1.10. The van der Waals surface area contributed by atoms with Crippen LogP contribution < -0.4 is 5.32 Å². The van der Waals surface area contributed by atoms with Crippen LogP contribution in [0.5, 0.6) is 0 Å². The molecule has 0 radical (unpaired) electrons. The third-order valence-electron chi connectivity index (χ3n) is 1.89. The highest BCUT2D eigenvalue weighted by molar-refractivity contribution is 5.75. The van der Waals surface area contributed by atoms with Crippen LogP contribution in [0.1, 0.15) is 41.0 Å². The number of rotatable bonds is 5. The molecule has 0 aromatic carbocycles. The maximum atomic E-state index is 10.9. The van der Waals surface area contributed by atoms with Gasteiger partial charge < -0.3 is 15.2 Å². The summed E-state index contributed by atoms with van der Waals surface area (Å²) >= 11 is 0. The van der Waals surface area contributed by atoms with Gasteiger partial charge in [0.25, 0.3) is 0 Å². The summed E-state index contributed by atoms with van der Waals surface area (Å²) in [5, 5.41) is 11.3. The zero-order valence-corrected chi connectivity index (χ0v) is 10.5. The van der Waals surface area contributed by atoms with E-state index in [0.29, 0.717) is 0 Å². The number of hydrogen-bond acceptors (Lipinski definition) is 3. The van der Waals surface area contributed by atoms with Gasteiger partial charge in [-0.05, 0) is 27.7 Å². The number of carbonyl (C=O) groups is 2. The van der Waals surface area contributed by atoms with Crippen molar-refractivity contribution in [2.45, 2.75) is 58.8 Å². The molecule has 0 spiro atoms. The van der Waals surface area contributed by atoms with Crippen molar-refractivity contribution in [3.05, 3.63) is 0 Å². The molecule has 0 bridgehead atoms. The third-order valence-corrected chi connectivity index (χ3v) is 1.89. The Bertz CT molecular complexity index is 241. The normalized spacial score (nSPS) is 15.3. The van der Waals surface area contributed by atoms with Crippen molar-refractivity contribution in [1.29, 1.82) is 0 Å². The Balaban J connectivity index is 4.48. The summed E-state index contributed by atoms with van der Waals surface area (Å²) < 4.78 is 5.62. The number of aliphatic carboxylic acids is 1. The molecule has 2 N–H and O–H groups in total.